The van der Waals surface area contributed by atoms with Gasteiger partial charge in [0.25, 0.3) is 0 Å². The molecular formula is C7H8N2O4. The van der Waals surface area contributed by atoms with E-state index in [9.17, 15) is 4.79 Å². The third-order valence-electron chi connectivity index (χ3n) is 1.12. The topological polar surface area (TPSA) is 114 Å². The van der Waals surface area contributed by atoms with Crippen LogP contribution < -0.4 is 0 Å². The smallest absolute Gasteiger partial charge is 0.338 e. The number of carbonyl (C=O) groups excluding carboxylic acids is 1. The van der Waals surface area contributed by atoms with Crippen molar-refractivity contribution in [2.75, 3.05) is 13.2 Å². The molecule has 0 fully saturated rings. The molecule has 0 bridgehead atoms. The summed E-state index contributed by atoms with van der Waals surface area (Å²) < 4.78 is 4.34. The van der Waals surface area contributed by atoms with Gasteiger partial charge in [-0.15, -0.1) is 0 Å². The first kappa shape index (κ1) is 11.4. The third-order valence-corrected chi connectivity index (χ3v) is 1.12. The molecule has 0 saturated heterocycles. The van der Waals surface area contributed by atoms with Crippen molar-refractivity contribution in [3.63, 3.8) is 0 Å². The molecule has 0 aliphatic rings. The maximum absolute atomic E-state index is 10.8. The Balaban J connectivity index is 3.90. The standard InChI is InChI=1S/C7H8N2O4/c8-1-5(2-9)7(12)13-4-6(11)3-10/h5-6,10-11H,3-4H2. The average Bonchev–Trinajstić information content (AvgIpc) is 2.16. The van der Waals surface area contributed by atoms with E-state index in [2.05, 4.69) is 4.74 Å². The molecule has 1 unspecified atom stereocenters. The summed E-state index contributed by atoms with van der Waals surface area (Å²) in [5.41, 5.74) is 0. The molecule has 2 N–H and O–H groups in total. The van der Waals surface area contributed by atoms with Crippen LogP contribution >= 0.6 is 0 Å². The molecular weight excluding hydrogens is 176 g/mol. The molecule has 0 heterocycles. The van der Waals surface area contributed by atoms with Crippen molar-refractivity contribution in [1.29, 1.82) is 10.5 Å². The summed E-state index contributed by atoms with van der Waals surface area (Å²) >= 11 is 0. The average molecular weight is 184 g/mol. The largest absolute Gasteiger partial charge is 0.461 e. The molecule has 0 spiro atoms. The highest BCUT2D eigenvalue weighted by molar-refractivity contribution is 5.78. The number of nitrogens with zero attached hydrogens (tertiary/aromatic N) is 2. The maximum atomic E-state index is 10.8. The van der Waals surface area contributed by atoms with Crippen molar-refractivity contribution in [3.8, 4) is 12.1 Å². The normalized spacial score (nSPS) is 11.5. The minimum atomic E-state index is -1.48. The van der Waals surface area contributed by atoms with E-state index in [-0.39, 0.29) is 0 Å². The molecule has 0 amide bonds. The molecule has 0 aliphatic heterocycles. The zero-order valence-electron chi connectivity index (χ0n) is 6.67. The second-order valence-corrected chi connectivity index (χ2v) is 2.16. The zero-order chi connectivity index (χ0) is 10.3. The summed E-state index contributed by atoms with van der Waals surface area (Å²) in [6, 6.07) is 2.83. The lowest BCUT2D eigenvalue weighted by Gasteiger charge is -2.07. The van der Waals surface area contributed by atoms with E-state index >= 15 is 0 Å². The summed E-state index contributed by atoms with van der Waals surface area (Å²) in [5, 5.41) is 33.5. The van der Waals surface area contributed by atoms with Crippen molar-refractivity contribution in [3.05, 3.63) is 0 Å². The van der Waals surface area contributed by atoms with Crippen LogP contribution in [0.1, 0.15) is 0 Å². The fourth-order valence-electron chi connectivity index (χ4n) is 0.449. The van der Waals surface area contributed by atoms with Gasteiger partial charge in [-0.1, -0.05) is 0 Å². The monoisotopic (exact) mass is 184 g/mol. The highest BCUT2D eigenvalue weighted by atomic mass is 16.5. The molecule has 13 heavy (non-hydrogen) atoms. The van der Waals surface area contributed by atoms with Crippen LogP contribution in [0.15, 0.2) is 0 Å². The van der Waals surface area contributed by atoms with Gasteiger partial charge in [0, 0.05) is 0 Å². The van der Waals surface area contributed by atoms with Crippen LogP contribution in [0, 0.1) is 28.6 Å². The van der Waals surface area contributed by atoms with E-state index in [1.165, 1.54) is 12.1 Å². The van der Waals surface area contributed by atoms with Crippen molar-refractivity contribution in [2.45, 2.75) is 6.10 Å². The van der Waals surface area contributed by atoms with E-state index in [0.29, 0.717) is 0 Å². The minimum absolute atomic E-state index is 0.421. The van der Waals surface area contributed by atoms with Gasteiger partial charge in [-0.05, 0) is 0 Å². The van der Waals surface area contributed by atoms with E-state index < -0.39 is 31.2 Å². The molecule has 0 aromatic heterocycles. The Morgan fingerprint density at radius 1 is 1.46 bits per heavy atom. The van der Waals surface area contributed by atoms with Crippen LogP contribution in [0.5, 0.6) is 0 Å². The van der Waals surface area contributed by atoms with Crippen LogP contribution in [0.25, 0.3) is 0 Å². The number of hydrogen-bond acceptors (Lipinski definition) is 6. The summed E-state index contributed by atoms with van der Waals surface area (Å²) in [6.45, 7) is -0.966. The Morgan fingerprint density at radius 3 is 2.38 bits per heavy atom. The SMILES string of the molecule is N#CC(C#N)C(=O)OCC(O)CO. The minimum Gasteiger partial charge on any atom is -0.461 e. The second kappa shape index (κ2) is 5.95. The van der Waals surface area contributed by atoms with Crippen molar-refractivity contribution in [1.82, 2.24) is 0 Å². The number of hydrogen-bond donors (Lipinski definition) is 2. The van der Waals surface area contributed by atoms with Crippen LogP contribution in [-0.2, 0) is 9.53 Å². The number of carbonyl (C=O) groups is 1. The molecule has 0 aromatic carbocycles. The van der Waals surface area contributed by atoms with E-state index in [1.807, 2.05) is 0 Å². The van der Waals surface area contributed by atoms with Gasteiger partial charge in [-0.25, -0.2) is 4.79 Å². The summed E-state index contributed by atoms with van der Waals surface area (Å²) in [7, 11) is 0. The Bertz CT molecular complexity index is 238. The van der Waals surface area contributed by atoms with Gasteiger partial charge in [0.1, 0.15) is 12.7 Å². The number of ether oxygens (including phenoxy) is 1. The third kappa shape index (κ3) is 4.06. The molecule has 0 radical (unpaired) electrons. The molecule has 0 aromatic rings. The number of aliphatic hydroxyl groups is 2. The van der Waals surface area contributed by atoms with Crippen LogP contribution in [-0.4, -0.2) is 35.5 Å². The highest BCUT2D eigenvalue weighted by Gasteiger charge is 2.19. The van der Waals surface area contributed by atoms with E-state index in [4.69, 9.17) is 20.7 Å². The summed E-state index contributed by atoms with van der Waals surface area (Å²) in [5.74, 6) is -2.50. The van der Waals surface area contributed by atoms with Gasteiger partial charge in [0.05, 0.1) is 18.7 Å². The molecule has 70 valence electrons. The predicted molar refractivity (Wildman–Crippen MR) is 38.8 cm³/mol. The Labute approximate surface area is 74.6 Å². The molecule has 6 nitrogen and oxygen atoms in total. The van der Waals surface area contributed by atoms with Gasteiger partial charge in [0.15, 0.2) is 0 Å². The lowest BCUT2D eigenvalue weighted by atomic mass is 10.2. The predicted octanol–water partition coefficient (Wildman–Crippen LogP) is -1.45. The van der Waals surface area contributed by atoms with Crippen LogP contribution in [0.4, 0.5) is 0 Å². The first-order chi connectivity index (χ1) is 6.15. The lowest BCUT2D eigenvalue weighted by molar-refractivity contribution is -0.148. The van der Waals surface area contributed by atoms with E-state index in [1.54, 1.807) is 0 Å². The van der Waals surface area contributed by atoms with Crippen LogP contribution in [0.2, 0.25) is 0 Å². The van der Waals surface area contributed by atoms with Gasteiger partial charge in [0.2, 0.25) is 5.92 Å². The number of rotatable bonds is 4. The fourth-order valence-corrected chi connectivity index (χ4v) is 0.449. The van der Waals surface area contributed by atoms with Gasteiger partial charge in [-0.2, -0.15) is 10.5 Å². The first-order valence-corrected chi connectivity index (χ1v) is 3.40. The Morgan fingerprint density at radius 2 is 2.00 bits per heavy atom. The molecule has 6 heteroatoms. The summed E-state index contributed by atoms with van der Waals surface area (Å²) in [6.07, 6.45) is -1.18. The Kier molecular flexibility index (Phi) is 5.20. The summed E-state index contributed by atoms with van der Waals surface area (Å²) in [4.78, 5) is 10.8. The van der Waals surface area contributed by atoms with Crippen molar-refractivity contribution < 1.29 is 19.7 Å². The quantitative estimate of drug-likeness (QED) is 0.516. The Hall–Kier alpha value is -1.63. The second-order valence-electron chi connectivity index (χ2n) is 2.16. The fraction of sp³-hybridized carbons (Fsp3) is 0.571. The maximum Gasteiger partial charge on any atom is 0.338 e. The zero-order valence-corrected chi connectivity index (χ0v) is 6.67. The van der Waals surface area contributed by atoms with Crippen molar-refractivity contribution >= 4 is 5.97 Å². The molecule has 0 rings (SSSR count). The number of nitriles is 2. The molecule has 1 atom stereocenters. The van der Waals surface area contributed by atoms with E-state index in [0.717, 1.165) is 0 Å². The highest BCUT2D eigenvalue weighted by Crippen LogP contribution is 1.96. The van der Waals surface area contributed by atoms with Crippen LogP contribution in [0.3, 0.4) is 0 Å². The molecule has 0 saturated carbocycles. The van der Waals surface area contributed by atoms with Gasteiger partial charge in [-0.3, -0.25) is 0 Å². The number of aliphatic hydroxyl groups excluding tert-OH is 2. The first-order valence-electron chi connectivity index (χ1n) is 3.40. The van der Waals surface area contributed by atoms with Crippen molar-refractivity contribution in [2.24, 2.45) is 5.92 Å². The molecule has 0 aliphatic carbocycles. The van der Waals surface area contributed by atoms with Gasteiger partial charge < -0.3 is 14.9 Å². The lowest BCUT2D eigenvalue weighted by Crippen LogP contribution is -2.24. The number of esters is 1. The van der Waals surface area contributed by atoms with Gasteiger partial charge >= 0.3 is 5.97 Å².